The number of nitrogens with zero attached hydrogens (tertiary/aromatic N) is 4. The first-order valence-electron chi connectivity index (χ1n) is 9.11. The summed E-state index contributed by atoms with van der Waals surface area (Å²) < 4.78 is 1.65. The van der Waals surface area contributed by atoms with E-state index in [0.717, 1.165) is 50.0 Å². The number of amides is 1. The minimum atomic E-state index is 0.243. The van der Waals surface area contributed by atoms with E-state index < -0.39 is 0 Å². The van der Waals surface area contributed by atoms with Gasteiger partial charge in [0.1, 0.15) is 0 Å². The molecule has 0 aromatic carbocycles. The number of nitrogen functional groups attached to an aromatic ring is 1. The molecule has 1 aliphatic carbocycles. The molecule has 0 radical (unpaired) electrons. The number of hydrogen-bond acceptors (Lipinski definition) is 4. The molecule has 128 valence electrons. The number of aromatic nitrogens is 3. The zero-order valence-corrected chi connectivity index (χ0v) is 14.0. The fourth-order valence-electron chi connectivity index (χ4n) is 4.21. The van der Waals surface area contributed by atoms with E-state index in [-0.39, 0.29) is 11.8 Å². The number of anilines is 1. The molecule has 24 heavy (non-hydrogen) atoms. The van der Waals surface area contributed by atoms with Gasteiger partial charge >= 0.3 is 0 Å². The highest BCUT2D eigenvalue weighted by Crippen LogP contribution is 2.31. The van der Waals surface area contributed by atoms with Gasteiger partial charge in [0.05, 0.1) is 17.4 Å². The molecule has 2 aliphatic rings. The second kappa shape index (κ2) is 6.42. The van der Waals surface area contributed by atoms with Crippen molar-refractivity contribution >= 4 is 17.4 Å². The van der Waals surface area contributed by atoms with E-state index in [4.69, 9.17) is 5.73 Å². The Morgan fingerprint density at radius 3 is 2.83 bits per heavy atom. The van der Waals surface area contributed by atoms with E-state index in [1.807, 2.05) is 6.07 Å². The monoisotopic (exact) mass is 327 g/mol. The van der Waals surface area contributed by atoms with Crippen LogP contribution in [0.2, 0.25) is 0 Å². The summed E-state index contributed by atoms with van der Waals surface area (Å²) in [6.45, 7) is 1.66. The Balaban J connectivity index is 1.52. The molecule has 2 aromatic rings. The number of fused-ring (bicyclic) bond motifs is 1. The molecule has 2 fully saturated rings. The van der Waals surface area contributed by atoms with E-state index in [2.05, 4.69) is 21.0 Å². The lowest BCUT2D eigenvalue weighted by molar-refractivity contribution is -0.137. The van der Waals surface area contributed by atoms with Gasteiger partial charge in [0, 0.05) is 24.9 Å². The largest absolute Gasteiger partial charge is 0.368 e. The van der Waals surface area contributed by atoms with Gasteiger partial charge < -0.3 is 10.6 Å². The van der Waals surface area contributed by atoms with Gasteiger partial charge in [0.15, 0.2) is 0 Å². The fourth-order valence-corrected chi connectivity index (χ4v) is 4.21. The van der Waals surface area contributed by atoms with Crippen LogP contribution in [0.15, 0.2) is 18.3 Å². The van der Waals surface area contributed by atoms with Crippen molar-refractivity contribution in [3.63, 3.8) is 0 Å². The first-order chi connectivity index (χ1) is 11.7. The molecule has 6 nitrogen and oxygen atoms in total. The summed E-state index contributed by atoms with van der Waals surface area (Å²) in [5.41, 5.74) is 7.98. The molecule has 2 N–H and O–H groups in total. The van der Waals surface area contributed by atoms with Gasteiger partial charge in [-0.25, -0.2) is 9.50 Å². The van der Waals surface area contributed by atoms with Gasteiger partial charge in [-0.2, -0.15) is 5.10 Å². The predicted octanol–water partition coefficient (Wildman–Crippen LogP) is 2.60. The third-order valence-electron chi connectivity index (χ3n) is 5.53. The van der Waals surface area contributed by atoms with Crippen LogP contribution in [-0.2, 0) is 4.79 Å². The lowest BCUT2D eigenvalue weighted by Gasteiger charge is -2.35. The molecule has 4 rings (SSSR count). The Bertz CT molecular complexity index is 734. The van der Waals surface area contributed by atoms with Crippen LogP contribution in [0.25, 0.3) is 5.52 Å². The SMILES string of the molecule is Nc1nc(C2CCCN(C(=O)C3CCCCC3)C2)cc2ccnn12. The summed E-state index contributed by atoms with van der Waals surface area (Å²) in [6.07, 6.45) is 9.63. The van der Waals surface area contributed by atoms with Gasteiger partial charge in [-0.3, -0.25) is 4.79 Å². The molecule has 0 spiro atoms. The summed E-state index contributed by atoms with van der Waals surface area (Å²) in [5, 5.41) is 4.17. The molecule has 1 saturated carbocycles. The van der Waals surface area contributed by atoms with Crippen molar-refractivity contribution in [2.75, 3.05) is 18.8 Å². The Hall–Kier alpha value is -2.11. The third-order valence-corrected chi connectivity index (χ3v) is 5.53. The number of rotatable bonds is 2. The molecule has 3 heterocycles. The zero-order valence-electron chi connectivity index (χ0n) is 14.0. The lowest BCUT2D eigenvalue weighted by atomic mass is 9.86. The van der Waals surface area contributed by atoms with Gasteiger partial charge in [-0.1, -0.05) is 19.3 Å². The van der Waals surface area contributed by atoms with Gasteiger partial charge in [0.25, 0.3) is 0 Å². The minimum Gasteiger partial charge on any atom is -0.368 e. The van der Waals surface area contributed by atoms with Crippen molar-refractivity contribution in [3.8, 4) is 0 Å². The topological polar surface area (TPSA) is 76.5 Å². The maximum atomic E-state index is 12.8. The van der Waals surface area contributed by atoms with Crippen LogP contribution in [0.3, 0.4) is 0 Å². The van der Waals surface area contributed by atoms with E-state index in [0.29, 0.717) is 11.9 Å². The summed E-state index contributed by atoms with van der Waals surface area (Å²) >= 11 is 0. The molecule has 1 aliphatic heterocycles. The Morgan fingerprint density at radius 1 is 1.17 bits per heavy atom. The zero-order chi connectivity index (χ0) is 16.5. The van der Waals surface area contributed by atoms with E-state index in [1.54, 1.807) is 10.7 Å². The van der Waals surface area contributed by atoms with Crippen molar-refractivity contribution in [2.24, 2.45) is 5.92 Å². The van der Waals surface area contributed by atoms with Crippen molar-refractivity contribution < 1.29 is 4.79 Å². The number of carbonyl (C=O) groups is 1. The summed E-state index contributed by atoms with van der Waals surface area (Å²) in [7, 11) is 0. The number of piperidine rings is 1. The van der Waals surface area contributed by atoms with Gasteiger partial charge in [0.2, 0.25) is 11.9 Å². The number of likely N-dealkylation sites (tertiary alicyclic amines) is 1. The van der Waals surface area contributed by atoms with Crippen molar-refractivity contribution in [1.82, 2.24) is 19.5 Å². The van der Waals surface area contributed by atoms with E-state index in [1.165, 1.54) is 19.3 Å². The maximum absolute atomic E-state index is 12.8. The lowest BCUT2D eigenvalue weighted by Crippen LogP contribution is -2.43. The minimum absolute atomic E-state index is 0.243. The molecule has 1 unspecified atom stereocenters. The average Bonchev–Trinajstić information content (AvgIpc) is 3.11. The van der Waals surface area contributed by atoms with Crippen LogP contribution >= 0.6 is 0 Å². The molecule has 1 amide bonds. The van der Waals surface area contributed by atoms with Crippen molar-refractivity contribution in [3.05, 3.63) is 24.0 Å². The molecule has 0 bridgehead atoms. The van der Waals surface area contributed by atoms with E-state index in [9.17, 15) is 4.79 Å². The second-order valence-electron chi connectivity index (χ2n) is 7.17. The van der Waals surface area contributed by atoms with Crippen LogP contribution in [0.5, 0.6) is 0 Å². The molecule has 6 heteroatoms. The molecule has 1 atom stereocenters. The predicted molar refractivity (Wildman–Crippen MR) is 92.5 cm³/mol. The summed E-state index contributed by atoms with van der Waals surface area (Å²) in [6, 6.07) is 4.00. The highest BCUT2D eigenvalue weighted by molar-refractivity contribution is 5.79. The van der Waals surface area contributed by atoms with Gasteiger partial charge in [-0.05, 0) is 37.8 Å². The smallest absolute Gasteiger partial charge is 0.225 e. The third kappa shape index (κ3) is 2.85. The Labute approximate surface area is 142 Å². The van der Waals surface area contributed by atoms with Crippen LogP contribution in [0.1, 0.15) is 56.6 Å². The highest BCUT2D eigenvalue weighted by atomic mass is 16.2. The molecular weight excluding hydrogens is 302 g/mol. The van der Waals surface area contributed by atoms with Crippen LogP contribution < -0.4 is 5.73 Å². The molecule has 2 aromatic heterocycles. The second-order valence-corrected chi connectivity index (χ2v) is 7.17. The van der Waals surface area contributed by atoms with Crippen molar-refractivity contribution in [1.29, 1.82) is 0 Å². The number of hydrogen-bond donors (Lipinski definition) is 1. The van der Waals surface area contributed by atoms with Crippen LogP contribution in [-0.4, -0.2) is 38.5 Å². The van der Waals surface area contributed by atoms with Crippen LogP contribution in [0, 0.1) is 5.92 Å². The molecular formula is C18H25N5O. The van der Waals surface area contributed by atoms with E-state index >= 15 is 0 Å². The quantitative estimate of drug-likeness (QED) is 0.920. The van der Waals surface area contributed by atoms with Crippen molar-refractivity contribution in [2.45, 2.75) is 50.9 Å². The Morgan fingerprint density at radius 2 is 2.00 bits per heavy atom. The average molecular weight is 327 g/mol. The standard InChI is InChI=1S/C18H25N5O/c19-18-21-16(11-15-8-9-20-23(15)18)14-7-4-10-22(12-14)17(24)13-5-2-1-3-6-13/h8-9,11,13-14H,1-7,10,12H2,(H2,19,21). The first kappa shape index (κ1) is 15.4. The highest BCUT2D eigenvalue weighted by Gasteiger charge is 2.31. The summed E-state index contributed by atoms with van der Waals surface area (Å²) in [4.78, 5) is 19.5. The number of nitrogens with two attached hydrogens (primary N) is 1. The Kier molecular flexibility index (Phi) is 4.12. The normalized spacial score (nSPS) is 22.8. The number of carbonyl (C=O) groups excluding carboxylic acids is 1. The first-order valence-corrected chi connectivity index (χ1v) is 9.11. The van der Waals surface area contributed by atoms with Gasteiger partial charge in [-0.15, -0.1) is 0 Å². The molecule has 1 saturated heterocycles. The van der Waals surface area contributed by atoms with Crippen LogP contribution in [0.4, 0.5) is 5.95 Å². The fraction of sp³-hybridized carbons (Fsp3) is 0.611. The maximum Gasteiger partial charge on any atom is 0.225 e. The summed E-state index contributed by atoms with van der Waals surface area (Å²) in [5.74, 6) is 1.29.